The quantitative estimate of drug-likeness (QED) is 0.706. The van der Waals surface area contributed by atoms with Crippen LogP contribution in [0.15, 0.2) is 52.4 Å². The summed E-state index contributed by atoms with van der Waals surface area (Å²) in [7, 11) is 0. The molecule has 0 radical (unpaired) electrons. The zero-order chi connectivity index (χ0) is 18.5. The average molecular weight is 387 g/mol. The number of halogens is 1. The second-order valence-corrected chi connectivity index (χ2v) is 7.27. The van der Waals surface area contributed by atoms with Crippen LogP contribution in [-0.4, -0.2) is 17.7 Å². The molecule has 2 aromatic carbocycles. The van der Waals surface area contributed by atoms with E-state index in [1.165, 1.54) is 11.8 Å². The summed E-state index contributed by atoms with van der Waals surface area (Å²) in [6.07, 6.45) is 2.81. The number of aliphatic imine (C=N–C) groups is 1. The van der Waals surface area contributed by atoms with Crippen molar-refractivity contribution >= 4 is 46.2 Å². The molecule has 1 aliphatic rings. The molecule has 4 nitrogen and oxygen atoms in total. The summed E-state index contributed by atoms with van der Waals surface area (Å²) in [5.74, 6) is 0.675. The normalized spacial score (nSPS) is 17.0. The number of hydrogen-bond donors (Lipinski definition) is 1. The number of aryl methyl sites for hydroxylation is 1. The molecule has 0 saturated carbocycles. The molecule has 1 saturated heterocycles. The zero-order valence-electron chi connectivity index (χ0n) is 14.6. The van der Waals surface area contributed by atoms with E-state index in [0.717, 1.165) is 23.3 Å². The van der Waals surface area contributed by atoms with Crippen LogP contribution < -0.4 is 10.1 Å². The van der Waals surface area contributed by atoms with Gasteiger partial charge in [0.2, 0.25) is 0 Å². The molecular weight excluding hydrogens is 368 g/mol. The number of nitrogens with one attached hydrogen (secondary N) is 1. The lowest BCUT2D eigenvalue weighted by Gasteiger charge is -2.04. The average Bonchev–Trinajstić information content (AvgIpc) is 2.96. The van der Waals surface area contributed by atoms with Crippen molar-refractivity contribution in [2.24, 2.45) is 4.99 Å². The summed E-state index contributed by atoms with van der Waals surface area (Å²) in [5.41, 5.74) is 2.64. The molecule has 1 aliphatic heterocycles. The molecule has 1 fully saturated rings. The standard InChI is InChI=1S/C20H19ClN2O2S/c1-3-10-25-16-8-5-14(6-9-16)11-18-19(24)23-20(26-18)22-15-7-4-13(2)17(21)12-15/h4-9,11-12H,3,10H2,1-2H3,(H,22,23,24)/b18-11-. The third kappa shape index (κ3) is 4.68. The van der Waals surface area contributed by atoms with Gasteiger partial charge in [-0.2, -0.15) is 0 Å². The monoisotopic (exact) mass is 386 g/mol. The number of carbonyl (C=O) groups is 1. The minimum atomic E-state index is -0.154. The van der Waals surface area contributed by atoms with E-state index in [4.69, 9.17) is 16.3 Å². The number of amides is 1. The Hall–Kier alpha value is -2.24. The summed E-state index contributed by atoms with van der Waals surface area (Å²) >= 11 is 7.44. The zero-order valence-corrected chi connectivity index (χ0v) is 16.2. The minimum Gasteiger partial charge on any atom is -0.494 e. The van der Waals surface area contributed by atoms with Gasteiger partial charge in [0.25, 0.3) is 5.91 Å². The first kappa shape index (κ1) is 18.5. The molecule has 134 valence electrons. The Morgan fingerprint density at radius 2 is 2.00 bits per heavy atom. The van der Waals surface area contributed by atoms with E-state index in [9.17, 15) is 4.79 Å². The molecule has 26 heavy (non-hydrogen) atoms. The predicted octanol–water partition coefficient (Wildman–Crippen LogP) is 5.33. The summed E-state index contributed by atoms with van der Waals surface area (Å²) in [6.45, 7) is 4.70. The van der Waals surface area contributed by atoms with E-state index in [0.29, 0.717) is 27.4 Å². The van der Waals surface area contributed by atoms with Crippen LogP contribution in [0.1, 0.15) is 24.5 Å². The van der Waals surface area contributed by atoms with Gasteiger partial charge >= 0.3 is 0 Å². The largest absolute Gasteiger partial charge is 0.494 e. The summed E-state index contributed by atoms with van der Waals surface area (Å²) < 4.78 is 5.57. The highest BCUT2D eigenvalue weighted by molar-refractivity contribution is 8.18. The van der Waals surface area contributed by atoms with Crippen molar-refractivity contribution in [3.63, 3.8) is 0 Å². The molecule has 0 atom stereocenters. The first-order chi connectivity index (χ1) is 12.5. The maximum atomic E-state index is 12.2. The highest BCUT2D eigenvalue weighted by atomic mass is 35.5. The maximum absolute atomic E-state index is 12.2. The van der Waals surface area contributed by atoms with Gasteiger partial charge in [0.15, 0.2) is 5.17 Å². The Bertz CT molecular complexity index is 876. The Morgan fingerprint density at radius 3 is 2.69 bits per heavy atom. The van der Waals surface area contributed by atoms with E-state index in [1.807, 2.05) is 49.4 Å². The van der Waals surface area contributed by atoms with E-state index < -0.39 is 0 Å². The van der Waals surface area contributed by atoms with Crippen molar-refractivity contribution in [1.82, 2.24) is 5.32 Å². The number of ether oxygens (including phenoxy) is 1. The smallest absolute Gasteiger partial charge is 0.264 e. The minimum absolute atomic E-state index is 0.154. The fourth-order valence-corrected chi connectivity index (χ4v) is 3.30. The van der Waals surface area contributed by atoms with Gasteiger partial charge in [0.05, 0.1) is 17.2 Å². The van der Waals surface area contributed by atoms with Gasteiger partial charge in [0.1, 0.15) is 5.75 Å². The van der Waals surface area contributed by atoms with E-state index in [1.54, 1.807) is 6.07 Å². The number of benzene rings is 2. The summed E-state index contributed by atoms with van der Waals surface area (Å²) in [4.78, 5) is 17.2. The van der Waals surface area contributed by atoms with Crippen molar-refractivity contribution in [3.8, 4) is 5.75 Å². The van der Waals surface area contributed by atoms with Crippen molar-refractivity contribution in [2.75, 3.05) is 6.61 Å². The number of amidine groups is 1. The molecule has 0 aliphatic carbocycles. The topological polar surface area (TPSA) is 50.7 Å². The molecule has 0 spiro atoms. The SMILES string of the molecule is CCCOc1ccc(/C=C2\SC(=Nc3ccc(C)c(Cl)c3)NC2=O)cc1. The lowest BCUT2D eigenvalue weighted by molar-refractivity contribution is -0.115. The number of hydrogen-bond acceptors (Lipinski definition) is 4. The molecule has 1 N–H and O–H groups in total. The number of nitrogens with zero attached hydrogens (tertiary/aromatic N) is 1. The molecule has 6 heteroatoms. The molecular formula is C20H19ClN2O2S. The van der Waals surface area contributed by atoms with Crippen LogP contribution in [-0.2, 0) is 4.79 Å². The van der Waals surface area contributed by atoms with E-state index in [-0.39, 0.29) is 5.91 Å². The third-order valence-electron chi connectivity index (χ3n) is 3.69. The molecule has 3 rings (SSSR count). The number of carbonyl (C=O) groups excluding carboxylic acids is 1. The fraction of sp³-hybridized carbons (Fsp3) is 0.200. The number of rotatable bonds is 5. The first-order valence-electron chi connectivity index (χ1n) is 8.34. The van der Waals surface area contributed by atoms with Crippen LogP contribution in [0, 0.1) is 6.92 Å². The lowest BCUT2D eigenvalue weighted by Crippen LogP contribution is -2.19. The van der Waals surface area contributed by atoms with Crippen LogP contribution in [0.2, 0.25) is 5.02 Å². The Labute approximate surface area is 162 Å². The lowest BCUT2D eigenvalue weighted by atomic mass is 10.2. The van der Waals surface area contributed by atoms with Gasteiger partial charge in [-0.05, 0) is 66.6 Å². The van der Waals surface area contributed by atoms with Gasteiger partial charge in [-0.1, -0.05) is 36.7 Å². The first-order valence-corrected chi connectivity index (χ1v) is 9.53. The van der Waals surface area contributed by atoms with Crippen molar-refractivity contribution in [3.05, 3.63) is 63.5 Å². The van der Waals surface area contributed by atoms with E-state index >= 15 is 0 Å². The summed E-state index contributed by atoms with van der Waals surface area (Å²) in [6, 6.07) is 13.2. The van der Waals surface area contributed by atoms with Gasteiger partial charge in [0, 0.05) is 5.02 Å². The molecule has 0 aromatic heterocycles. The van der Waals surface area contributed by atoms with Gasteiger partial charge in [-0.15, -0.1) is 0 Å². The molecule has 1 amide bonds. The third-order valence-corrected chi connectivity index (χ3v) is 5.00. The number of thioether (sulfide) groups is 1. The predicted molar refractivity (Wildman–Crippen MR) is 109 cm³/mol. The highest BCUT2D eigenvalue weighted by Crippen LogP contribution is 2.29. The van der Waals surface area contributed by atoms with Crippen LogP contribution in [0.4, 0.5) is 5.69 Å². The van der Waals surface area contributed by atoms with Gasteiger partial charge in [-0.3, -0.25) is 4.79 Å². The second-order valence-electron chi connectivity index (χ2n) is 5.83. The highest BCUT2D eigenvalue weighted by Gasteiger charge is 2.23. The molecule has 1 heterocycles. The van der Waals surface area contributed by atoms with Gasteiger partial charge in [-0.25, -0.2) is 4.99 Å². The fourth-order valence-electron chi connectivity index (χ4n) is 2.28. The Balaban J connectivity index is 1.73. The van der Waals surface area contributed by atoms with Crippen LogP contribution >= 0.6 is 23.4 Å². The van der Waals surface area contributed by atoms with Crippen molar-refractivity contribution in [2.45, 2.75) is 20.3 Å². The Kier molecular flexibility index (Phi) is 6.01. The van der Waals surface area contributed by atoms with Crippen molar-refractivity contribution < 1.29 is 9.53 Å². The molecule has 2 aromatic rings. The van der Waals surface area contributed by atoms with Crippen LogP contribution in [0.5, 0.6) is 5.75 Å². The molecule has 0 bridgehead atoms. The van der Waals surface area contributed by atoms with Gasteiger partial charge < -0.3 is 10.1 Å². The maximum Gasteiger partial charge on any atom is 0.264 e. The van der Waals surface area contributed by atoms with E-state index in [2.05, 4.69) is 17.2 Å². The van der Waals surface area contributed by atoms with Crippen LogP contribution in [0.3, 0.4) is 0 Å². The second kappa shape index (κ2) is 8.43. The summed E-state index contributed by atoms with van der Waals surface area (Å²) in [5, 5.41) is 3.98. The van der Waals surface area contributed by atoms with Crippen molar-refractivity contribution in [1.29, 1.82) is 0 Å². The van der Waals surface area contributed by atoms with Crippen LogP contribution in [0.25, 0.3) is 6.08 Å². The molecule has 0 unspecified atom stereocenters. The Morgan fingerprint density at radius 1 is 1.23 bits per heavy atom.